The molecule has 8 heteroatoms. The number of aromatic nitrogens is 1. The van der Waals surface area contributed by atoms with Gasteiger partial charge in [-0.25, -0.2) is 9.78 Å². The average Bonchev–Trinajstić information content (AvgIpc) is 3.21. The Labute approximate surface area is 183 Å². The highest BCUT2D eigenvalue weighted by atomic mass is 32.1. The topological polar surface area (TPSA) is 101 Å². The number of carbonyl (C=O) groups is 2. The molecule has 0 radical (unpaired) electrons. The highest BCUT2D eigenvalue weighted by molar-refractivity contribution is 7.14. The summed E-state index contributed by atoms with van der Waals surface area (Å²) in [4.78, 5) is 41.0. The van der Waals surface area contributed by atoms with Gasteiger partial charge in [-0.2, -0.15) is 0 Å². The van der Waals surface area contributed by atoms with E-state index >= 15 is 0 Å². The van der Waals surface area contributed by atoms with Crippen LogP contribution in [0.1, 0.15) is 45.4 Å². The molecule has 1 aliphatic rings. The number of para-hydroxylation sites is 1. The van der Waals surface area contributed by atoms with Gasteiger partial charge in [0.1, 0.15) is 5.58 Å². The predicted molar refractivity (Wildman–Crippen MR) is 121 cm³/mol. The summed E-state index contributed by atoms with van der Waals surface area (Å²) in [7, 11) is 0. The van der Waals surface area contributed by atoms with Crippen LogP contribution in [0.2, 0.25) is 0 Å². The van der Waals surface area contributed by atoms with Crippen LogP contribution in [-0.4, -0.2) is 22.8 Å². The fourth-order valence-electron chi connectivity index (χ4n) is 3.81. The Hall–Kier alpha value is -3.00. The normalized spacial score (nSPS) is 18.6. The van der Waals surface area contributed by atoms with Gasteiger partial charge in [0.2, 0.25) is 11.8 Å². The molecular weight excluding hydrogens is 414 g/mol. The van der Waals surface area contributed by atoms with Crippen LogP contribution >= 0.6 is 11.3 Å². The number of fused-ring (bicyclic) bond motifs is 1. The van der Waals surface area contributed by atoms with Crippen LogP contribution in [0.25, 0.3) is 22.2 Å². The SMILES string of the molecule is CC1CCC(NC(=O)CCC(=O)Nc2nc(-c3cc4ccccc4oc3=O)cs2)CC1. The molecule has 1 fully saturated rings. The Morgan fingerprint density at radius 1 is 1.13 bits per heavy atom. The number of amides is 2. The first-order valence-corrected chi connectivity index (χ1v) is 11.4. The van der Waals surface area contributed by atoms with Crippen molar-refractivity contribution in [3.05, 3.63) is 46.1 Å². The second kappa shape index (κ2) is 9.43. The third-order valence-electron chi connectivity index (χ3n) is 5.63. The van der Waals surface area contributed by atoms with Gasteiger partial charge in [-0.1, -0.05) is 25.1 Å². The molecule has 162 valence electrons. The van der Waals surface area contributed by atoms with Crippen LogP contribution < -0.4 is 16.3 Å². The third kappa shape index (κ3) is 5.38. The van der Waals surface area contributed by atoms with E-state index < -0.39 is 5.63 Å². The molecule has 2 aromatic heterocycles. The Kier molecular flexibility index (Phi) is 6.46. The van der Waals surface area contributed by atoms with E-state index in [1.807, 2.05) is 12.1 Å². The largest absolute Gasteiger partial charge is 0.422 e. The molecule has 4 rings (SSSR count). The zero-order valence-electron chi connectivity index (χ0n) is 17.3. The monoisotopic (exact) mass is 439 g/mol. The number of nitrogens with one attached hydrogen (secondary N) is 2. The number of carbonyl (C=O) groups excluding carboxylic acids is 2. The number of hydrogen-bond donors (Lipinski definition) is 2. The first-order valence-electron chi connectivity index (χ1n) is 10.6. The molecule has 0 atom stereocenters. The summed E-state index contributed by atoms with van der Waals surface area (Å²) in [6.07, 6.45) is 4.50. The molecule has 1 aliphatic carbocycles. The number of nitrogens with zero attached hydrogens (tertiary/aromatic N) is 1. The average molecular weight is 440 g/mol. The summed E-state index contributed by atoms with van der Waals surface area (Å²) in [5.41, 5.74) is 0.831. The van der Waals surface area contributed by atoms with Crippen molar-refractivity contribution in [1.82, 2.24) is 10.3 Å². The second-order valence-corrected chi connectivity index (χ2v) is 8.95. The van der Waals surface area contributed by atoms with Crippen LogP contribution in [0.4, 0.5) is 5.13 Å². The zero-order valence-corrected chi connectivity index (χ0v) is 18.2. The second-order valence-electron chi connectivity index (χ2n) is 8.10. The van der Waals surface area contributed by atoms with Crippen LogP contribution in [0, 0.1) is 5.92 Å². The number of anilines is 1. The minimum atomic E-state index is -0.476. The summed E-state index contributed by atoms with van der Waals surface area (Å²) < 4.78 is 5.35. The van der Waals surface area contributed by atoms with E-state index in [1.54, 1.807) is 23.6 Å². The molecular formula is C23H25N3O4S. The van der Waals surface area contributed by atoms with E-state index in [2.05, 4.69) is 22.5 Å². The summed E-state index contributed by atoms with van der Waals surface area (Å²) in [5.74, 6) is 0.352. The molecule has 0 bridgehead atoms. The molecule has 3 aromatic rings. The quantitative estimate of drug-likeness (QED) is 0.557. The van der Waals surface area contributed by atoms with Crippen LogP contribution in [-0.2, 0) is 9.59 Å². The summed E-state index contributed by atoms with van der Waals surface area (Å²) in [6.45, 7) is 2.24. The fraction of sp³-hybridized carbons (Fsp3) is 0.391. The van der Waals surface area contributed by atoms with E-state index in [4.69, 9.17) is 4.42 Å². The fourth-order valence-corrected chi connectivity index (χ4v) is 4.54. The third-order valence-corrected chi connectivity index (χ3v) is 6.39. The van der Waals surface area contributed by atoms with Crippen molar-refractivity contribution < 1.29 is 14.0 Å². The van der Waals surface area contributed by atoms with Gasteiger partial charge in [-0.15, -0.1) is 11.3 Å². The van der Waals surface area contributed by atoms with Gasteiger partial charge in [0.05, 0.1) is 11.3 Å². The number of rotatable bonds is 6. The number of hydrogen-bond acceptors (Lipinski definition) is 6. The van der Waals surface area contributed by atoms with Crippen molar-refractivity contribution in [1.29, 1.82) is 0 Å². The highest BCUT2D eigenvalue weighted by Crippen LogP contribution is 2.26. The molecule has 2 heterocycles. The molecule has 0 spiro atoms. The van der Waals surface area contributed by atoms with Crippen molar-refractivity contribution >= 4 is 39.3 Å². The van der Waals surface area contributed by atoms with Crippen LogP contribution in [0.3, 0.4) is 0 Å². The first-order chi connectivity index (χ1) is 15.0. The van der Waals surface area contributed by atoms with Crippen LogP contribution in [0.15, 0.2) is 44.9 Å². The standard InChI is InChI=1S/C23H25N3O4S/c1-14-6-8-16(9-7-14)24-20(27)10-11-21(28)26-23-25-18(13-31-23)17-12-15-4-2-3-5-19(15)30-22(17)29/h2-5,12-14,16H,6-11H2,1H3,(H,24,27)(H,25,26,28). The molecule has 0 aliphatic heterocycles. The van der Waals surface area contributed by atoms with Crippen molar-refractivity contribution in [3.8, 4) is 11.3 Å². The number of thiazole rings is 1. The van der Waals surface area contributed by atoms with Gasteiger partial charge >= 0.3 is 5.63 Å². The predicted octanol–water partition coefficient (Wildman–Crippen LogP) is 4.33. The molecule has 0 unspecified atom stereocenters. The highest BCUT2D eigenvalue weighted by Gasteiger charge is 2.20. The minimum absolute atomic E-state index is 0.0853. The van der Waals surface area contributed by atoms with Gasteiger partial charge in [0.25, 0.3) is 0 Å². The maximum atomic E-state index is 12.3. The van der Waals surface area contributed by atoms with E-state index in [-0.39, 0.29) is 30.7 Å². The van der Waals surface area contributed by atoms with Crippen molar-refractivity contribution in [2.75, 3.05) is 5.32 Å². The zero-order chi connectivity index (χ0) is 21.8. The Morgan fingerprint density at radius 3 is 2.68 bits per heavy atom. The van der Waals surface area contributed by atoms with Gasteiger partial charge in [0.15, 0.2) is 5.13 Å². The molecule has 2 N–H and O–H groups in total. The summed E-state index contributed by atoms with van der Waals surface area (Å²) in [5, 5.41) is 8.62. The number of benzene rings is 1. The lowest BCUT2D eigenvalue weighted by atomic mass is 9.87. The van der Waals surface area contributed by atoms with Crippen molar-refractivity contribution in [2.45, 2.75) is 51.5 Å². The maximum absolute atomic E-state index is 12.3. The molecule has 31 heavy (non-hydrogen) atoms. The maximum Gasteiger partial charge on any atom is 0.345 e. The van der Waals surface area contributed by atoms with Crippen molar-refractivity contribution in [3.63, 3.8) is 0 Å². The van der Waals surface area contributed by atoms with Crippen LogP contribution in [0.5, 0.6) is 0 Å². The van der Waals surface area contributed by atoms with E-state index in [0.29, 0.717) is 22.0 Å². The minimum Gasteiger partial charge on any atom is -0.422 e. The molecule has 7 nitrogen and oxygen atoms in total. The first kappa shape index (κ1) is 21.2. The van der Waals surface area contributed by atoms with E-state index in [0.717, 1.165) is 37.0 Å². The lowest BCUT2D eigenvalue weighted by Crippen LogP contribution is -2.37. The molecule has 1 aromatic carbocycles. The Balaban J connectivity index is 1.32. The smallest absolute Gasteiger partial charge is 0.345 e. The van der Waals surface area contributed by atoms with Gasteiger partial charge in [0, 0.05) is 29.6 Å². The summed E-state index contributed by atoms with van der Waals surface area (Å²) in [6, 6.07) is 9.22. The van der Waals surface area contributed by atoms with E-state index in [9.17, 15) is 14.4 Å². The Bertz CT molecular complexity index is 1140. The van der Waals surface area contributed by atoms with Gasteiger partial charge in [-0.05, 0) is 43.7 Å². The summed E-state index contributed by atoms with van der Waals surface area (Å²) >= 11 is 1.23. The molecule has 0 saturated heterocycles. The lowest BCUT2D eigenvalue weighted by molar-refractivity contribution is -0.125. The van der Waals surface area contributed by atoms with E-state index in [1.165, 1.54) is 11.3 Å². The van der Waals surface area contributed by atoms with Gasteiger partial charge < -0.3 is 15.1 Å². The van der Waals surface area contributed by atoms with Crippen molar-refractivity contribution in [2.24, 2.45) is 5.92 Å². The van der Waals surface area contributed by atoms with Gasteiger partial charge in [-0.3, -0.25) is 9.59 Å². The molecule has 2 amide bonds. The molecule has 1 saturated carbocycles. The Morgan fingerprint density at radius 2 is 1.87 bits per heavy atom. The lowest BCUT2D eigenvalue weighted by Gasteiger charge is -2.26.